The number of nitrogens with one attached hydrogen (secondary N) is 1. The summed E-state index contributed by atoms with van der Waals surface area (Å²) in [6.07, 6.45) is 0.458. The topological polar surface area (TPSA) is 74.9 Å². The molecule has 188 valence electrons. The number of rotatable bonds is 6. The van der Waals surface area contributed by atoms with E-state index >= 15 is 0 Å². The van der Waals surface area contributed by atoms with E-state index in [4.69, 9.17) is 9.47 Å². The number of benzene rings is 3. The summed E-state index contributed by atoms with van der Waals surface area (Å²) in [4.78, 5) is 34.9. The first kappa shape index (κ1) is 23.2. The third kappa shape index (κ3) is 3.82. The second-order valence-corrected chi connectivity index (χ2v) is 9.46. The molecular weight excluding hydrogens is 466 g/mol. The SMILES string of the molecule is CCOc1ccccc1C1c2[nH]c3ccccc3c2C[C@H]2C(=O)N(Cc3ccccc3OC)CC(=O)N12. The number of H-pyrrole nitrogens is 1. The molecule has 0 spiro atoms. The summed E-state index contributed by atoms with van der Waals surface area (Å²) in [5.74, 6) is 1.29. The van der Waals surface area contributed by atoms with Gasteiger partial charge in [-0.1, -0.05) is 54.6 Å². The number of hydrogen-bond acceptors (Lipinski definition) is 4. The van der Waals surface area contributed by atoms with Gasteiger partial charge in [-0.3, -0.25) is 9.59 Å². The molecule has 4 aromatic rings. The van der Waals surface area contributed by atoms with Crippen LogP contribution in [-0.2, 0) is 22.6 Å². The molecule has 1 aromatic heterocycles. The normalized spacial score (nSPS) is 19.1. The van der Waals surface area contributed by atoms with Crippen LogP contribution in [0.4, 0.5) is 0 Å². The minimum atomic E-state index is -0.609. The summed E-state index contributed by atoms with van der Waals surface area (Å²) in [6.45, 7) is 2.78. The molecule has 3 aromatic carbocycles. The van der Waals surface area contributed by atoms with E-state index in [-0.39, 0.29) is 18.4 Å². The van der Waals surface area contributed by atoms with Crippen molar-refractivity contribution in [3.8, 4) is 11.5 Å². The highest BCUT2D eigenvalue weighted by Crippen LogP contribution is 2.45. The van der Waals surface area contributed by atoms with Crippen molar-refractivity contribution in [1.82, 2.24) is 14.8 Å². The zero-order chi connectivity index (χ0) is 25.5. The number of carbonyl (C=O) groups is 2. The third-order valence-corrected chi connectivity index (χ3v) is 7.41. The first-order chi connectivity index (χ1) is 18.1. The molecule has 1 saturated heterocycles. The minimum absolute atomic E-state index is 0.0102. The molecule has 1 N–H and O–H groups in total. The third-order valence-electron chi connectivity index (χ3n) is 7.41. The van der Waals surface area contributed by atoms with Crippen LogP contribution in [-0.4, -0.2) is 52.9 Å². The van der Waals surface area contributed by atoms with E-state index in [1.807, 2.05) is 73.7 Å². The average molecular weight is 496 g/mol. The molecule has 1 fully saturated rings. The van der Waals surface area contributed by atoms with Crippen molar-refractivity contribution in [3.05, 3.63) is 95.2 Å². The van der Waals surface area contributed by atoms with Gasteiger partial charge in [-0.15, -0.1) is 0 Å². The Hall–Kier alpha value is -4.26. The van der Waals surface area contributed by atoms with Gasteiger partial charge in [0.1, 0.15) is 30.1 Å². The summed E-state index contributed by atoms with van der Waals surface area (Å²) in [7, 11) is 1.61. The van der Waals surface area contributed by atoms with Crippen LogP contribution in [0.3, 0.4) is 0 Å². The van der Waals surface area contributed by atoms with Gasteiger partial charge in [-0.2, -0.15) is 0 Å². The number of para-hydroxylation sites is 3. The van der Waals surface area contributed by atoms with Crippen molar-refractivity contribution in [3.63, 3.8) is 0 Å². The first-order valence-electron chi connectivity index (χ1n) is 12.6. The lowest BCUT2D eigenvalue weighted by atomic mass is 9.85. The fraction of sp³-hybridized carbons (Fsp3) is 0.267. The van der Waals surface area contributed by atoms with Gasteiger partial charge < -0.3 is 24.3 Å². The number of ether oxygens (including phenoxy) is 2. The van der Waals surface area contributed by atoms with Crippen LogP contribution < -0.4 is 9.47 Å². The Balaban J connectivity index is 1.46. The van der Waals surface area contributed by atoms with Gasteiger partial charge in [-0.05, 0) is 30.7 Å². The highest BCUT2D eigenvalue weighted by Gasteiger charge is 2.48. The smallest absolute Gasteiger partial charge is 0.246 e. The van der Waals surface area contributed by atoms with Gasteiger partial charge in [-0.25, -0.2) is 0 Å². The lowest BCUT2D eigenvalue weighted by Gasteiger charge is -2.47. The highest BCUT2D eigenvalue weighted by molar-refractivity contribution is 5.97. The van der Waals surface area contributed by atoms with Gasteiger partial charge >= 0.3 is 0 Å². The minimum Gasteiger partial charge on any atom is -0.496 e. The molecule has 0 aliphatic carbocycles. The van der Waals surface area contributed by atoms with E-state index in [1.165, 1.54) is 0 Å². The highest BCUT2D eigenvalue weighted by atomic mass is 16.5. The summed E-state index contributed by atoms with van der Waals surface area (Å²) in [5.41, 5.74) is 4.78. The van der Waals surface area contributed by atoms with E-state index in [0.29, 0.717) is 25.3 Å². The number of piperazine rings is 1. The standard InChI is InChI=1S/C30H29N3O4/c1-3-37-26-15-9-6-12-21(26)29-28-22(20-11-5-7-13-23(20)31-28)16-24-30(35)32(18-27(34)33(24)29)17-19-10-4-8-14-25(19)36-2/h4-15,24,29,31H,3,16-18H2,1-2H3/t24-,29?/m0/s1. The zero-order valence-corrected chi connectivity index (χ0v) is 20.9. The van der Waals surface area contributed by atoms with Crippen LogP contribution in [0.2, 0.25) is 0 Å². The average Bonchev–Trinajstić information content (AvgIpc) is 3.30. The van der Waals surface area contributed by atoms with E-state index < -0.39 is 12.1 Å². The van der Waals surface area contributed by atoms with Gasteiger partial charge in [0.25, 0.3) is 0 Å². The van der Waals surface area contributed by atoms with E-state index in [9.17, 15) is 9.59 Å². The molecule has 0 radical (unpaired) electrons. The Bertz CT molecular complexity index is 1490. The second-order valence-electron chi connectivity index (χ2n) is 9.46. The molecule has 7 heteroatoms. The quantitative estimate of drug-likeness (QED) is 0.429. The molecule has 0 bridgehead atoms. The molecule has 2 atom stereocenters. The van der Waals surface area contributed by atoms with Gasteiger partial charge in [0.15, 0.2) is 0 Å². The Labute approximate surface area is 215 Å². The van der Waals surface area contributed by atoms with Crippen molar-refractivity contribution in [2.45, 2.75) is 32.0 Å². The first-order valence-corrected chi connectivity index (χ1v) is 12.6. The maximum atomic E-state index is 14.0. The van der Waals surface area contributed by atoms with Crippen LogP contribution in [0.25, 0.3) is 10.9 Å². The Kier molecular flexibility index (Phi) is 5.83. The van der Waals surface area contributed by atoms with Crippen molar-refractivity contribution in [2.24, 2.45) is 0 Å². The van der Waals surface area contributed by atoms with E-state index in [0.717, 1.165) is 39.0 Å². The summed E-state index contributed by atoms with van der Waals surface area (Å²) in [5, 5.41) is 1.08. The molecule has 0 saturated carbocycles. The van der Waals surface area contributed by atoms with Gasteiger partial charge in [0.2, 0.25) is 11.8 Å². The fourth-order valence-corrected chi connectivity index (χ4v) is 5.81. The molecule has 2 amide bonds. The monoisotopic (exact) mass is 495 g/mol. The predicted molar refractivity (Wildman–Crippen MR) is 141 cm³/mol. The predicted octanol–water partition coefficient (Wildman–Crippen LogP) is 4.46. The van der Waals surface area contributed by atoms with Crippen molar-refractivity contribution in [1.29, 1.82) is 0 Å². The molecule has 3 heterocycles. The number of carbonyl (C=O) groups excluding carboxylic acids is 2. The molecule has 2 aliphatic heterocycles. The Morgan fingerprint density at radius 2 is 1.68 bits per heavy atom. The molecule has 7 nitrogen and oxygen atoms in total. The number of aromatic nitrogens is 1. The van der Waals surface area contributed by atoms with Crippen molar-refractivity contribution >= 4 is 22.7 Å². The number of fused-ring (bicyclic) bond motifs is 4. The number of amides is 2. The molecule has 6 rings (SSSR count). The van der Waals surface area contributed by atoms with E-state index in [2.05, 4.69) is 11.1 Å². The molecule has 1 unspecified atom stereocenters. The van der Waals surface area contributed by atoms with Crippen LogP contribution in [0.15, 0.2) is 72.8 Å². The van der Waals surface area contributed by atoms with Crippen LogP contribution in [0.1, 0.15) is 35.3 Å². The Morgan fingerprint density at radius 3 is 2.49 bits per heavy atom. The van der Waals surface area contributed by atoms with Crippen molar-refractivity contribution in [2.75, 3.05) is 20.3 Å². The fourth-order valence-electron chi connectivity index (χ4n) is 5.81. The molecular formula is C30H29N3O4. The van der Waals surface area contributed by atoms with Gasteiger partial charge in [0, 0.05) is 40.7 Å². The number of aromatic amines is 1. The summed E-state index contributed by atoms with van der Waals surface area (Å²) < 4.78 is 11.5. The van der Waals surface area contributed by atoms with Gasteiger partial charge in [0.05, 0.1) is 13.7 Å². The second kappa shape index (κ2) is 9.32. The van der Waals surface area contributed by atoms with Crippen LogP contribution in [0, 0.1) is 0 Å². The maximum absolute atomic E-state index is 14.0. The van der Waals surface area contributed by atoms with E-state index in [1.54, 1.807) is 16.9 Å². The lowest BCUT2D eigenvalue weighted by Crippen LogP contribution is -2.62. The maximum Gasteiger partial charge on any atom is 0.246 e. The zero-order valence-electron chi connectivity index (χ0n) is 20.9. The van der Waals surface area contributed by atoms with Crippen LogP contribution >= 0.6 is 0 Å². The summed E-state index contributed by atoms with van der Waals surface area (Å²) >= 11 is 0. The summed E-state index contributed by atoms with van der Waals surface area (Å²) in [6, 6.07) is 22.5. The number of methoxy groups -OCH3 is 1. The lowest BCUT2D eigenvalue weighted by molar-refractivity contribution is -0.159. The largest absolute Gasteiger partial charge is 0.496 e. The number of nitrogens with zero attached hydrogens (tertiary/aromatic N) is 2. The Morgan fingerprint density at radius 1 is 0.946 bits per heavy atom. The number of hydrogen-bond donors (Lipinski definition) is 1. The van der Waals surface area contributed by atoms with Crippen molar-refractivity contribution < 1.29 is 19.1 Å². The molecule has 37 heavy (non-hydrogen) atoms. The van der Waals surface area contributed by atoms with Crippen LogP contribution in [0.5, 0.6) is 11.5 Å². The molecule has 2 aliphatic rings.